The van der Waals surface area contributed by atoms with Crippen LogP contribution in [0.3, 0.4) is 0 Å². The lowest BCUT2D eigenvalue weighted by molar-refractivity contribution is -0.134. The molecule has 2 saturated heterocycles. The summed E-state index contributed by atoms with van der Waals surface area (Å²) in [6, 6.07) is 0. The molecule has 4 nitrogen and oxygen atoms in total. The molecule has 5 heteroatoms. The second-order valence-corrected chi connectivity index (χ2v) is 8.28. The maximum Gasteiger partial charge on any atom is 0.239 e. The highest BCUT2D eigenvalue weighted by Gasteiger charge is 2.68. The van der Waals surface area contributed by atoms with Crippen LogP contribution < -0.4 is 5.73 Å². The molecule has 0 radical (unpaired) electrons. The van der Waals surface area contributed by atoms with Crippen molar-refractivity contribution in [3.05, 3.63) is 0 Å². The minimum absolute atomic E-state index is 0.131. The third-order valence-electron chi connectivity index (χ3n) is 6.05. The van der Waals surface area contributed by atoms with Gasteiger partial charge in [0.25, 0.3) is 0 Å². The van der Waals surface area contributed by atoms with Crippen molar-refractivity contribution >= 4 is 17.7 Å². The van der Waals surface area contributed by atoms with Crippen LogP contribution in [-0.4, -0.2) is 53.7 Å². The first kappa shape index (κ1) is 19.1. The first-order chi connectivity index (χ1) is 11.0. The highest BCUT2D eigenvalue weighted by molar-refractivity contribution is 8.00. The molecule has 0 saturated carbocycles. The maximum atomic E-state index is 12.8. The lowest BCUT2D eigenvalue weighted by atomic mass is 9.69. The number of likely N-dealkylation sites (N-methyl/N-ethyl adjacent to an activating group) is 1. The van der Waals surface area contributed by atoms with Gasteiger partial charge in [-0.25, -0.2) is 0 Å². The predicted molar refractivity (Wildman–Crippen MR) is 97.7 cm³/mol. The number of carbonyl (C=O) groups is 1. The molecule has 23 heavy (non-hydrogen) atoms. The number of carbonyl (C=O) groups excluding carboxylic acids is 1. The number of amides is 1. The van der Waals surface area contributed by atoms with Crippen molar-refractivity contribution in [3.63, 3.8) is 0 Å². The summed E-state index contributed by atoms with van der Waals surface area (Å²) >= 11 is 1.85. The van der Waals surface area contributed by atoms with Crippen molar-refractivity contribution in [2.24, 2.45) is 11.7 Å². The number of nitrogens with zero attached hydrogens (tertiary/aromatic N) is 1. The molecular weight excluding hydrogens is 308 g/mol. The lowest BCUT2D eigenvalue weighted by Gasteiger charge is -2.52. The lowest BCUT2D eigenvalue weighted by Crippen LogP contribution is -2.69. The number of likely N-dealkylation sites (tertiary alicyclic amines) is 1. The monoisotopic (exact) mass is 342 g/mol. The van der Waals surface area contributed by atoms with Gasteiger partial charge in [0.15, 0.2) is 0 Å². The van der Waals surface area contributed by atoms with E-state index in [4.69, 9.17) is 10.5 Å². The Morgan fingerprint density at radius 2 is 2.09 bits per heavy atom. The summed E-state index contributed by atoms with van der Waals surface area (Å²) in [5, 5.41) is 0. The van der Waals surface area contributed by atoms with Gasteiger partial charge in [-0.15, -0.1) is 0 Å². The minimum atomic E-state index is -0.594. The van der Waals surface area contributed by atoms with E-state index >= 15 is 0 Å². The zero-order chi connectivity index (χ0) is 17.1. The van der Waals surface area contributed by atoms with Crippen LogP contribution in [-0.2, 0) is 9.53 Å². The minimum Gasteiger partial charge on any atom is -0.377 e. The second-order valence-electron chi connectivity index (χ2n) is 7.19. The van der Waals surface area contributed by atoms with Crippen molar-refractivity contribution in [1.29, 1.82) is 0 Å². The quantitative estimate of drug-likeness (QED) is 0.772. The van der Waals surface area contributed by atoms with Crippen molar-refractivity contribution < 1.29 is 9.53 Å². The number of hydrogen-bond acceptors (Lipinski definition) is 4. The molecule has 134 valence electrons. The van der Waals surface area contributed by atoms with Crippen molar-refractivity contribution in [1.82, 2.24) is 4.90 Å². The molecular formula is C18H34N2O2S. The molecule has 2 fully saturated rings. The van der Waals surface area contributed by atoms with Gasteiger partial charge in [0.05, 0.1) is 10.9 Å². The van der Waals surface area contributed by atoms with E-state index in [2.05, 4.69) is 32.1 Å². The van der Waals surface area contributed by atoms with E-state index in [9.17, 15) is 4.79 Å². The molecule has 2 N–H and O–H groups in total. The molecule has 2 aliphatic heterocycles. The maximum absolute atomic E-state index is 12.8. The van der Waals surface area contributed by atoms with Crippen LogP contribution in [0.4, 0.5) is 0 Å². The summed E-state index contributed by atoms with van der Waals surface area (Å²) < 4.78 is 6.06. The van der Waals surface area contributed by atoms with Crippen molar-refractivity contribution in [2.75, 3.05) is 26.5 Å². The van der Waals surface area contributed by atoms with E-state index in [1.165, 1.54) is 6.42 Å². The van der Waals surface area contributed by atoms with Crippen LogP contribution in [0, 0.1) is 5.92 Å². The van der Waals surface area contributed by atoms with Gasteiger partial charge in [-0.05, 0) is 51.3 Å². The molecule has 0 spiro atoms. The van der Waals surface area contributed by atoms with E-state index < -0.39 is 5.54 Å². The van der Waals surface area contributed by atoms with Gasteiger partial charge < -0.3 is 10.5 Å². The fourth-order valence-corrected chi connectivity index (χ4v) is 6.91. The number of primary amides is 1. The van der Waals surface area contributed by atoms with E-state index in [0.29, 0.717) is 5.92 Å². The fraction of sp³-hybridized carbons (Fsp3) is 0.944. The summed E-state index contributed by atoms with van der Waals surface area (Å²) in [6.07, 6.45) is 9.70. The molecule has 4 unspecified atom stereocenters. The molecule has 0 aromatic carbocycles. The van der Waals surface area contributed by atoms with Crippen LogP contribution in [0.15, 0.2) is 0 Å². The molecule has 2 rings (SSSR count). The van der Waals surface area contributed by atoms with Crippen LogP contribution >= 0.6 is 11.8 Å². The predicted octanol–water partition coefficient (Wildman–Crippen LogP) is 3.04. The van der Waals surface area contributed by atoms with Gasteiger partial charge in [0.2, 0.25) is 5.91 Å². The Hall–Kier alpha value is -0.260. The number of ether oxygens (including phenoxy) is 1. The summed E-state index contributed by atoms with van der Waals surface area (Å²) in [5.41, 5.74) is 5.48. The number of rotatable bonds is 7. The van der Waals surface area contributed by atoms with E-state index in [0.717, 1.165) is 51.7 Å². The first-order valence-corrected chi connectivity index (χ1v) is 10.4. The molecule has 0 aliphatic carbocycles. The largest absolute Gasteiger partial charge is 0.377 e. The van der Waals surface area contributed by atoms with Gasteiger partial charge in [-0.1, -0.05) is 26.7 Å². The second kappa shape index (κ2) is 7.75. The summed E-state index contributed by atoms with van der Waals surface area (Å²) in [6.45, 7) is 6.14. The summed E-state index contributed by atoms with van der Waals surface area (Å²) in [4.78, 5) is 15.1. The van der Waals surface area contributed by atoms with Gasteiger partial charge in [-0.2, -0.15) is 11.8 Å². The van der Waals surface area contributed by atoms with E-state index in [-0.39, 0.29) is 16.8 Å². The van der Waals surface area contributed by atoms with Crippen LogP contribution in [0.1, 0.15) is 58.8 Å². The Labute approximate surface area is 145 Å². The Morgan fingerprint density at radius 3 is 2.57 bits per heavy atom. The number of nitrogens with two attached hydrogens (primary N) is 1. The third kappa shape index (κ3) is 2.83. The van der Waals surface area contributed by atoms with E-state index in [1.54, 1.807) is 0 Å². The molecule has 2 heterocycles. The van der Waals surface area contributed by atoms with Gasteiger partial charge in [-0.3, -0.25) is 9.69 Å². The zero-order valence-electron chi connectivity index (χ0n) is 15.3. The average Bonchev–Trinajstić information content (AvgIpc) is 2.79. The Morgan fingerprint density at radius 1 is 1.35 bits per heavy atom. The SMILES string of the molecule is CCCC1CN(C)C(CCC)(C(N)=O)C1(SC)C1CCCCO1. The standard InChI is InChI=1S/C18H34N2O2S/c1-5-9-14-13-20(3)17(11-6-2,16(19)21)18(14,23-4)15-10-7-8-12-22-15/h14-15H,5-13H2,1-4H3,(H2,19,21). The average molecular weight is 343 g/mol. The molecule has 0 aromatic heterocycles. The Bertz CT molecular complexity index is 407. The Kier molecular flexibility index (Phi) is 6.42. The first-order valence-electron chi connectivity index (χ1n) is 9.19. The summed E-state index contributed by atoms with van der Waals surface area (Å²) in [7, 11) is 2.09. The third-order valence-corrected chi connectivity index (χ3v) is 7.66. The molecule has 4 atom stereocenters. The highest BCUT2D eigenvalue weighted by Crippen LogP contribution is 2.57. The van der Waals surface area contributed by atoms with Crippen molar-refractivity contribution in [3.8, 4) is 0 Å². The van der Waals surface area contributed by atoms with Gasteiger partial charge in [0.1, 0.15) is 5.54 Å². The molecule has 0 aromatic rings. The number of thioether (sulfide) groups is 1. The highest BCUT2D eigenvalue weighted by atomic mass is 32.2. The van der Waals surface area contributed by atoms with Crippen molar-refractivity contribution in [2.45, 2.75) is 75.2 Å². The van der Waals surface area contributed by atoms with Gasteiger partial charge >= 0.3 is 0 Å². The van der Waals surface area contributed by atoms with Crippen LogP contribution in [0.25, 0.3) is 0 Å². The molecule has 0 bridgehead atoms. The Balaban J connectivity index is 2.56. The topological polar surface area (TPSA) is 55.6 Å². The smallest absolute Gasteiger partial charge is 0.239 e. The van der Waals surface area contributed by atoms with Gasteiger partial charge in [0, 0.05) is 13.2 Å². The van der Waals surface area contributed by atoms with Crippen LogP contribution in [0.5, 0.6) is 0 Å². The zero-order valence-corrected chi connectivity index (χ0v) is 16.1. The normalized spacial score (nSPS) is 38.8. The number of hydrogen-bond donors (Lipinski definition) is 1. The molecule has 2 aliphatic rings. The fourth-order valence-electron chi connectivity index (χ4n) is 5.24. The van der Waals surface area contributed by atoms with Crippen LogP contribution in [0.2, 0.25) is 0 Å². The summed E-state index contributed by atoms with van der Waals surface area (Å²) in [5.74, 6) is 0.290. The molecule has 1 amide bonds. The van der Waals surface area contributed by atoms with E-state index in [1.807, 2.05) is 11.8 Å².